The number of hydrogen-bond donors (Lipinski definition) is 1. The van der Waals surface area contributed by atoms with Crippen molar-refractivity contribution < 1.29 is 14.6 Å². The average Bonchev–Trinajstić information content (AvgIpc) is 3.13. The zero-order valence-corrected chi connectivity index (χ0v) is 18.0. The van der Waals surface area contributed by atoms with Crippen molar-refractivity contribution in [3.63, 3.8) is 0 Å². The van der Waals surface area contributed by atoms with Gasteiger partial charge in [-0.25, -0.2) is 4.79 Å². The van der Waals surface area contributed by atoms with Gasteiger partial charge in [-0.05, 0) is 54.9 Å². The van der Waals surface area contributed by atoms with Crippen LogP contribution in [0.1, 0.15) is 66.1 Å². The van der Waals surface area contributed by atoms with Gasteiger partial charge in [-0.3, -0.25) is 4.90 Å². The minimum atomic E-state index is -0.846. The first-order valence-electron chi connectivity index (χ1n) is 10.3. The number of methoxy groups -OCH3 is 1. The highest BCUT2D eigenvalue weighted by molar-refractivity contribution is 7.14. The van der Waals surface area contributed by atoms with E-state index in [1.807, 2.05) is 6.07 Å². The molecule has 4 nitrogen and oxygen atoms in total. The van der Waals surface area contributed by atoms with Gasteiger partial charge in [0.2, 0.25) is 0 Å². The maximum Gasteiger partial charge on any atom is 0.346 e. The number of thiophene rings is 1. The van der Waals surface area contributed by atoms with Crippen LogP contribution in [0.3, 0.4) is 0 Å². The van der Waals surface area contributed by atoms with Crippen LogP contribution in [0.5, 0.6) is 0 Å². The number of rotatable bonds is 5. The Kier molecular flexibility index (Phi) is 7.34. The lowest BCUT2D eigenvalue weighted by Gasteiger charge is -2.36. The van der Waals surface area contributed by atoms with E-state index in [1.54, 1.807) is 7.11 Å². The van der Waals surface area contributed by atoms with Gasteiger partial charge in [-0.1, -0.05) is 38.5 Å². The van der Waals surface area contributed by atoms with Crippen molar-refractivity contribution >= 4 is 22.9 Å². The molecule has 3 rings (SSSR count). The zero-order valence-electron chi connectivity index (χ0n) is 17.2. The molecular weight excluding hydrogens is 370 g/mol. The van der Waals surface area contributed by atoms with Gasteiger partial charge in [-0.2, -0.15) is 0 Å². The summed E-state index contributed by atoms with van der Waals surface area (Å²) in [5, 5.41) is 9.82. The quantitative estimate of drug-likeness (QED) is 0.724. The van der Waals surface area contributed by atoms with Crippen LogP contribution in [-0.2, 0) is 4.74 Å². The molecular formula is C23H31NO3S. The summed E-state index contributed by atoms with van der Waals surface area (Å²) < 4.78 is 4.99. The van der Waals surface area contributed by atoms with Gasteiger partial charge in [0.1, 0.15) is 11.5 Å². The molecule has 28 heavy (non-hydrogen) atoms. The van der Waals surface area contributed by atoms with E-state index >= 15 is 0 Å². The molecule has 2 heterocycles. The molecule has 1 N–H and O–H groups in total. The molecule has 0 atom stereocenters. The van der Waals surface area contributed by atoms with Crippen LogP contribution in [0.2, 0.25) is 0 Å². The number of aromatic carboxylic acids is 1. The summed E-state index contributed by atoms with van der Waals surface area (Å²) in [6.45, 7) is 7.93. The van der Waals surface area contributed by atoms with E-state index in [0.717, 1.165) is 42.4 Å². The van der Waals surface area contributed by atoms with E-state index in [2.05, 4.69) is 30.6 Å². The Bertz CT molecular complexity index is 791. The van der Waals surface area contributed by atoms with E-state index in [-0.39, 0.29) is 0 Å². The predicted molar refractivity (Wildman–Crippen MR) is 115 cm³/mol. The molecule has 1 aliphatic heterocycles. The highest BCUT2D eigenvalue weighted by Gasteiger charge is 2.30. The summed E-state index contributed by atoms with van der Waals surface area (Å²) in [5.74, 6) is 6.57. The third-order valence-electron chi connectivity index (χ3n) is 6.10. The largest absolute Gasteiger partial charge is 0.477 e. The van der Waals surface area contributed by atoms with Gasteiger partial charge in [0.05, 0.1) is 4.88 Å². The van der Waals surface area contributed by atoms with E-state index in [1.165, 1.54) is 48.2 Å². The third kappa shape index (κ3) is 4.86. The van der Waals surface area contributed by atoms with Crippen LogP contribution in [0, 0.1) is 23.7 Å². The number of carboxylic acid groups (broad SMARTS) is 1. The normalized spacial score (nSPS) is 23.4. The first-order chi connectivity index (χ1) is 13.5. The molecule has 1 saturated carbocycles. The van der Waals surface area contributed by atoms with E-state index in [4.69, 9.17) is 4.74 Å². The summed E-state index contributed by atoms with van der Waals surface area (Å²) in [5.41, 5.74) is 3.66. The fourth-order valence-corrected chi connectivity index (χ4v) is 5.34. The smallest absolute Gasteiger partial charge is 0.346 e. The van der Waals surface area contributed by atoms with Gasteiger partial charge >= 0.3 is 5.97 Å². The second kappa shape index (κ2) is 9.73. The monoisotopic (exact) mass is 401 g/mol. The van der Waals surface area contributed by atoms with Gasteiger partial charge < -0.3 is 9.84 Å². The number of likely N-dealkylation sites (N-methyl/N-ethyl adjacent to an activating group) is 1. The number of carbonyl (C=O) groups is 1. The third-order valence-corrected chi connectivity index (χ3v) is 7.13. The number of hydrogen-bond acceptors (Lipinski definition) is 4. The molecule has 152 valence electrons. The standard InChI is InChI=1S/C23H31NO3S/c1-4-24-12-11-19(21(15-24)17-9-7-16(2)8-10-17)20-14-18(6-5-13-27-3)28-22(20)23(25)26/h14,16-17H,4,7-13,15H2,1-3H3,(H,25,26). The van der Waals surface area contributed by atoms with Crippen molar-refractivity contribution in [1.82, 2.24) is 4.90 Å². The first-order valence-corrected chi connectivity index (χ1v) is 11.1. The minimum absolute atomic E-state index is 0.356. The maximum absolute atomic E-state index is 12.0. The fourth-order valence-electron chi connectivity index (χ4n) is 4.44. The van der Waals surface area contributed by atoms with Crippen molar-refractivity contribution in [2.24, 2.45) is 11.8 Å². The molecule has 0 saturated heterocycles. The highest BCUT2D eigenvalue weighted by atomic mass is 32.1. The molecule has 0 aromatic carbocycles. The molecule has 1 aliphatic carbocycles. The fraction of sp³-hybridized carbons (Fsp3) is 0.609. The molecule has 0 bridgehead atoms. The topological polar surface area (TPSA) is 49.8 Å². The highest BCUT2D eigenvalue weighted by Crippen LogP contribution is 2.41. The van der Waals surface area contributed by atoms with Gasteiger partial charge in [-0.15, -0.1) is 11.3 Å². The summed E-state index contributed by atoms with van der Waals surface area (Å²) in [4.78, 5) is 15.7. The second-order valence-corrected chi connectivity index (χ2v) is 9.02. The second-order valence-electron chi connectivity index (χ2n) is 7.97. The Balaban J connectivity index is 2.01. The molecule has 1 aromatic heterocycles. The van der Waals surface area contributed by atoms with Crippen molar-refractivity contribution in [3.05, 3.63) is 27.0 Å². The van der Waals surface area contributed by atoms with Crippen molar-refractivity contribution in [1.29, 1.82) is 0 Å². The van der Waals surface area contributed by atoms with Crippen molar-refractivity contribution in [3.8, 4) is 11.8 Å². The first kappa shape index (κ1) is 21.1. The van der Waals surface area contributed by atoms with E-state index in [0.29, 0.717) is 17.4 Å². The molecule has 0 amide bonds. The summed E-state index contributed by atoms with van der Waals surface area (Å²) in [7, 11) is 1.61. The Labute approximate surface area is 172 Å². The van der Waals surface area contributed by atoms with Crippen LogP contribution in [0.15, 0.2) is 11.6 Å². The Morgan fingerprint density at radius 3 is 2.75 bits per heavy atom. The Hall–Kier alpha value is -1.61. The van der Waals surface area contributed by atoms with Crippen LogP contribution in [0.4, 0.5) is 0 Å². The molecule has 1 aromatic rings. The molecule has 1 fully saturated rings. The number of carboxylic acids is 1. The van der Waals surface area contributed by atoms with Gasteiger partial charge in [0, 0.05) is 25.8 Å². The van der Waals surface area contributed by atoms with E-state index < -0.39 is 5.97 Å². The molecule has 2 aliphatic rings. The Morgan fingerprint density at radius 1 is 1.36 bits per heavy atom. The lowest BCUT2D eigenvalue weighted by molar-refractivity contribution is 0.0702. The molecule has 0 unspecified atom stereocenters. The van der Waals surface area contributed by atoms with Crippen molar-refractivity contribution in [2.75, 3.05) is 33.4 Å². The summed E-state index contributed by atoms with van der Waals surface area (Å²) in [6.07, 6.45) is 5.93. The Morgan fingerprint density at radius 2 is 2.11 bits per heavy atom. The predicted octanol–water partition coefficient (Wildman–Crippen LogP) is 4.75. The zero-order chi connectivity index (χ0) is 20.1. The SMILES string of the molecule is CCN1CCC(c2cc(C#CCOC)sc2C(=O)O)=C(C2CCC(C)CC2)C1. The van der Waals surface area contributed by atoms with Gasteiger partial charge in [0.25, 0.3) is 0 Å². The van der Waals surface area contributed by atoms with Gasteiger partial charge in [0.15, 0.2) is 0 Å². The molecule has 0 spiro atoms. The van der Waals surface area contributed by atoms with E-state index in [9.17, 15) is 9.90 Å². The summed E-state index contributed by atoms with van der Waals surface area (Å²) >= 11 is 1.29. The minimum Gasteiger partial charge on any atom is -0.477 e. The lowest BCUT2D eigenvalue weighted by atomic mass is 9.75. The van der Waals surface area contributed by atoms with Crippen LogP contribution >= 0.6 is 11.3 Å². The van der Waals surface area contributed by atoms with Crippen LogP contribution < -0.4 is 0 Å². The molecule has 5 heteroatoms. The van der Waals surface area contributed by atoms with Crippen LogP contribution in [0.25, 0.3) is 5.57 Å². The van der Waals surface area contributed by atoms with Crippen LogP contribution in [-0.4, -0.2) is 49.3 Å². The summed E-state index contributed by atoms with van der Waals surface area (Å²) in [6, 6.07) is 2.00. The molecule has 0 radical (unpaired) electrons. The van der Waals surface area contributed by atoms with Crippen molar-refractivity contribution in [2.45, 2.75) is 46.0 Å². The number of nitrogens with zero attached hydrogens (tertiary/aromatic N) is 1. The number of ether oxygens (including phenoxy) is 1. The lowest BCUT2D eigenvalue weighted by Crippen LogP contribution is -2.34. The maximum atomic E-state index is 12.0. The average molecular weight is 402 g/mol.